The quantitative estimate of drug-likeness (QED) is 0.774. The number of aryl methyl sites for hydroxylation is 1. The Morgan fingerprint density at radius 2 is 1.95 bits per heavy atom. The van der Waals surface area contributed by atoms with Crippen LogP contribution in [0.5, 0.6) is 0 Å². The molecule has 0 saturated carbocycles. The molecule has 0 radical (unpaired) electrons. The van der Waals surface area contributed by atoms with Gasteiger partial charge in [0.05, 0.1) is 6.04 Å². The highest BCUT2D eigenvalue weighted by atomic mass is 15.3. The number of nitrogens with zero attached hydrogens (tertiary/aromatic N) is 5. The zero-order valence-electron chi connectivity index (χ0n) is 10.8. The van der Waals surface area contributed by atoms with Crippen molar-refractivity contribution in [2.45, 2.75) is 19.9 Å². The molecule has 0 aromatic carbocycles. The first-order valence-electron chi connectivity index (χ1n) is 6.08. The Morgan fingerprint density at radius 3 is 2.74 bits per heavy atom. The number of anilines is 1. The predicted molar refractivity (Wildman–Crippen MR) is 71.8 cm³/mol. The summed E-state index contributed by atoms with van der Waals surface area (Å²) in [6, 6.07) is 4.08. The van der Waals surface area contributed by atoms with Gasteiger partial charge in [-0.1, -0.05) is 0 Å². The second-order valence-electron chi connectivity index (χ2n) is 4.36. The van der Waals surface area contributed by atoms with Crippen LogP contribution in [0.2, 0.25) is 0 Å². The zero-order chi connectivity index (χ0) is 13.2. The summed E-state index contributed by atoms with van der Waals surface area (Å²) in [5.74, 6) is 1.57. The van der Waals surface area contributed by atoms with Crippen molar-refractivity contribution in [3.8, 4) is 0 Å². The maximum absolute atomic E-state index is 4.34. The number of nitrogens with one attached hydrogen (secondary N) is 1. The van der Waals surface area contributed by atoms with Crippen LogP contribution >= 0.6 is 0 Å². The lowest BCUT2D eigenvalue weighted by atomic mass is 10.1. The summed E-state index contributed by atoms with van der Waals surface area (Å²) in [5, 5.41) is 11.6. The van der Waals surface area contributed by atoms with Gasteiger partial charge in [-0.05, 0) is 31.5 Å². The van der Waals surface area contributed by atoms with Gasteiger partial charge in [0.2, 0.25) is 5.65 Å². The smallest absolute Gasteiger partial charge is 0.203 e. The van der Waals surface area contributed by atoms with Crippen molar-refractivity contribution in [3.05, 3.63) is 48.3 Å². The lowest BCUT2D eigenvalue weighted by molar-refractivity contribution is 0.868. The number of hydrogen-bond acceptors (Lipinski definition) is 5. The first-order chi connectivity index (χ1) is 9.25. The highest BCUT2D eigenvalue weighted by Crippen LogP contribution is 2.19. The third-order valence-electron chi connectivity index (χ3n) is 3.06. The van der Waals surface area contributed by atoms with Gasteiger partial charge in [0.1, 0.15) is 5.82 Å². The molecular formula is C13H14N6. The molecule has 0 amide bonds. The standard InChI is InChI=1S/C13H14N6/c1-9(11-3-5-14-6-4-11)16-12-13-18-17-10(2)19(13)8-7-15-12/h3-9H,1-2H3,(H,15,16). The normalized spacial score (nSPS) is 12.5. The van der Waals surface area contributed by atoms with Crippen LogP contribution in [0.1, 0.15) is 24.4 Å². The predicted octanol–water partition coefficient (Wildman–Crippen LogP) is 2.00. The molecule has 1 atom stereocenters. The minimum Gasteiger partial charge on any atom is -0.360 e. The SMILES string of the molecule is Cc1nnc2c(NC(C)c3ccncc3)nccn12. The lowest BCUT2D eigenvalue weighted by Crippen LogP contribution is -2.09. The number of aromatic nitrogens is 5. The number of rotatable bonds is 3. The van der Waals surface area contributed by atoms with E-state index in [0.29, 0.717) is 0 Å². The van der Waals surface area contributed by atoms with Gasteiger partial charge in [0.25, 0.3) is 0 Å². The molecule has 3 heterocycles. The number of hydrogen-bond donors (Lipinski definition) is 1. The molecule has 6 nitrogen and oxygen atoms in total. The molecule has 0 aliphatic rings. The summed E-state index contributed by atoms with van der Waals surface area (Å²) in [5.41, 5.74) is 1.89. The van der Waals surface area contributed by atoms with Crippen LogP contribution in [0.15, 0.2) is 36.9 Å². The third kappa shape index (κ3) is 2.12. The van der Waals surface area contributed by atoms with Crippen molar-refractivity contribution in [3.63, 3.8) is 0 Å². The third-order valence-corrected chi connectivity index (χ3v) is 3.06. The number of fused-ring (bicyclic) bond motifs is 1. The molecule has 3 rings (SSSR count). The van der Waals surface area contributed by atoms with Crippen LogP contribution in [0.4, 0.5) is 5.82 Å². The zero-order valence-corrected chi connectivity index (χ0v) is 10.8. The molecule has 0 saturated heterocycles. The van der Waals surface area contributed by atoms with Gasteiger partial charge in [-0.2, -0.15) is 0 Å². The van der Waals surface area contributed by atoms with Crippen LogP contribution in [0.3, 0.4) is 0 Å². The fraction of sp³-hybridized carbons (Fsp3) is 0.231. The molecule has 96 valence electrons. The van der Waals surface area contributed by atoms with Gasteiger partial charge in [-0.3, -0.25) is 9.38 Å². The van der Waals surface area contributed by atoms with Crippen LogP contribution in [-0.2, 0) is 0 Å². The maximum atomic E-state index is 4.34. The highest BCUT2D eigenvalue weighted by molar-refractivity contribution is 5.62. The van der Waals surface area contributed by atoms with Crippen LogP contribution in [-0.4, -0.2) is 24.6 Å². The summed E-state index contributed by atoms with van der Waals surface area (Å²) in [4.78, 5) is 8.35. The minimum atomic E-state index is 0.124. The average Bonchev–Trinajstić information content (AvgIpc) is 2.83. The summed E-state index contributed by atoms with van der Waals surface area (Å²) >= 11 is 0. The van der Waals surface area contributed by atoms with Crippen molar-refractivity contribution in [2.75, 3.05) is 5.32 Å². The summed E-state index contributed by atoms with van der Waals surface area (Å²) < 4.78 is 1.91. The molecule has 0 spiro atoms. The van der Waals surface area contributed by atoms with E-state index < -0.39 is 0 Å². The van der Waals surface area contributed by atoms with E-state index in [1.165, 1.54) is 0 Å². The maximum Gasteiger partial charge on any atom is 0.203 e. The Kier molecular flexibility index (Phi) is 2.83. The van der Waals surface area contributed by atoms with Crippen molar-refractivity contribution in [2.24, 2.45) is 0 Å². The minimum absolute atomic E-state index is 0.124. The Bertz CT molecular complexity index is 691. The monoisotopic (exact) mass is 254 g/mol. The van der Waals surface area contributed by atoms with E-state index in [1.807, 2.05) is 29.7 Å². The second kappa shape index (κ2) is 4.64. The van der Waals surface area contributed by atoms with E-state index >= 15 is 0 Å². The summed E-state index contributed by atoms with van der Waals surface area (Å²) in [6.45, 7) is 3.99. The fourth-order valence-electron chi connectivity index (χ4n) is 1.98. The molecule has 19 heavy (non-hydrogen) atoms. The molecule has 0 aliphatic heterocycles. The fourth-order valence-corrected chi connectivity index (χ4v) is 1.98. The molecule has 0 fully saturated rings. The van der Waals surface area contributed by atoms with Crippen LogP contribution in [0, 0.1) is 6.92 Å². The van der Waals surface area contributed by atoms with E-state index in [9.17, 15) is 0 Å². The van der Waals surface area contributed by atoms with Crippen LogP contribution < -0.4 is 5.32 Å². The molecule has 3 aromatic rings. The Balaban J connectivity index is 1.93. The Morgan fingerprint density at radius 1 is 1.16 bits per heavy atom. The van der Waals surface area contributed by atoms with E-state index in [4.69, 9.17) is 0 Å². The molecule has 1 N–H and O–H groups in total. The van der Waals surface area contributed by atoms with Gasteiger partial charge in [0.15, 0.2) is 5.82 Å². The van der Waals surface area contributed by atoms with Crippen molar-refractivity contribution in [1.29, 1.82) is 0 Å². The first kappa shape index (κ1) is 11.6. The second-order valence-corrected chi connectivity index (χ2v) is 4.36. The van der Waals surface area contributed by atoms with Gasteiger partial charge in [-0.15, -0.1) is 10.2 Å². The van der Waals surface area contributed by atoms with Gasteiger partial charge in [0, 0.05) is 24.8 Å². The molecule has 0 bridgehead atoms. The van der Waals surface area contributed by atoms with E-state index in [1.54, 1.807) is 18.6 Å². The Hall–Kier alpha value is -2.50. The molecule has 1 unspecified atom stereocenters. The number of pyridine rings is 1. The van der Waals surface area contributed by atoms with E-state index in [-0.39, 0.29) is 6.04 Å². The first-order valence-corrected chi connectivity index (χ1v) is 6.08. The average molecular weight is 254 g/mol. The van der Waals surface area contributed by atoms with Gasteiger partial charge < -0.3 is 5.32 Å². The van der Waals surface area contributed by atoms with E-state index in [0.717, 1.165) is 22.9 Å². The van der Waals surface area contributed by atoms with Gasteiger partial charge in [-0.25, -0.2) is 4.98 Å². The van der Waals surface area contributed by atoms with Crippen LogP contribution in [0.25, 0.3) is 5.65 Å². The topological polar surface area (TPSA) is 68.0 Å². The Labute approximate surface area is 110 Å². The molecule has 3 aromatic heterocycles. The van der Waals surface area contributed by atoms with Crippen molar-refractivity contribution in [1.82, 2.24) is 24.6 Å². The molecule has 0 aliphatic carbocycles. The van der Waals surface area contributed by atoms with Crippen molar-refractivity contribution >= 4 is 11.5 Å². The lowest BCUT2D eigenvalue weighted by Gasteiger charge is -2.14. The largest absolute Gasteiger partial charge is 0.360 e. The van der Waals surface area contributed by atoms with Crippen molar-refractivity contribution < 1.29 is 0 Å². The van der Waals surface area contributed by atoms with Gasteiger partial charge >= 0.3 is 0 Å². The summed E-state index contributed by atoms with van der Waals surface area (Å²) in [6.07, 6.45) is 7.16. The molecular weight excluding hydrogens is 240 g/mol. The van der Waals surface area contributed by atoms with E-state index in [2.05, 4.69) is 32.4 Å². The summed E-state index contributed by atoms with van der Waals surface area (Å²) in [7, 11) is 0. The molecule has 6 heteroatoms. The highest BCUT2D eigenvalue weighted by Gasteiger charge is 2.11.